The Morgan fingerprint density at radius 1 is 1.47 bits per heavy atom. The third-order valence-corrected chi connectivity index (χ3v) is 3.82. The van der Waals surface area contributed by atoms with E-state index in [0.29, 0.717) is 12.8 Å². The van der Waals surface area contributed by atoms with Crippen LogP contribution >= 0.6 is 0 Å². The number of rotatable bonds is 4. The third kappa shape index (κ3) is 2.40. The number of aldehydes is 1. The van der Waals surface area contributed by atoms with Gasteiger partial charge < -0.3 is 0 Å². The van der Waals surface area contributed by atoms with Crippen molar-refractivity contribution in [2.24, 2.45) is 0 Å². The summed E-state index contributed by atoms with van der Waals surface area (Å²) in [5.74, 6) is 0. The fourth-order valence-electron chi connectivity index (χ4n) is 0.970. The van der Waals surface area contributed by atoms with E-state index in [2.05, 4.69) is 4.98 Å². The van der Waals surface area contributed by atoms with Crippen LogP contribution in [0.3, 0.4) is 0 Å². The monoisotopic (exact) mass is 228 g/mol. The highest BCUT2D eigenvalue weighted by atomic mass is 32.2. The molecule has 15 heavy (non-hydrogen) atoms. The van der Waals surface area contributed by atoms with E-state index < -0.39 is 10.0 Å². The lowest BCUT2D eigenvalue weighted by Crippen LogP contribution is -2.27. The van der Waals surface area contributed by atoms with E-state index >= 15 is 0 Å². The van der Waals surface area contributed by atoms with Crippen LogP contribution in [0.2, 0.25) is 0 Å². The Morgan fingerprint density at radius 2 is 2.13 bits per heavy atom. The number of carbonyl (C=O) groups is 1. The van der Waals surface area contributed by atoms with Gasteiger partial charge in [-0.2, -0.15) is 4.31 Å². The molecule has 1 rings (SSSR count). The maximum atomic E-state index is 11.8. The van der Waals surface area contributed by atoms with Crippen LogP contribution < -0.4 is 0 Å². The van der Waals surface area contributed by atoms with Crippen molar-refractivity contribution in [1.29, 1.82) is 0 Å². The molecule has 5 nitrogen and oxygen atoms in total. The lowest BCUT2D eigenvalue weighted by Gasteiger charge is -2.13. The second-order valence-electron chi connectivity index (χ2n) is 2.94. The van der Waals surface area contributed by atoms with Crippen molar-refractivity contribution in [2.75, 3.05) is 13.6 Å². The van der Waals surface area contributed by atoms with Crippen molar-refractivity contribution in [2.45, 2.75) is 11.9 Å². The minimum Gasteiger partial charge on any atom is -0.296 e. The van der Waals surface area contributed by atoms with Gasteiger partial charge in [-0.3, -0.25) is 4.79 Å². The number of carbonyl (C=O) groups excluding carboxylic acids is 1. The first-order valence-corrected chi connectivity index (χ1v) is 5.85. The van der Waals surface area contributed by atoms with Gasteiger partial charge in [-0.15, -0.1) is 0 Å². The molecule has 0 unspecified atom stereocenters. The van der Waals surface area contributed by atoms with Gasteiger partial charge in [-0.1, -0.05) is 13.0 Å². The first-order chi connectivity index (χ1) is 7.02. The first kappa shape index (κ1) is 11.8. The third-order valence-electron chi connectivity index (χ3n) is 1.99. The van der Waals surface area contributed by atoms with Gasteiger partial charge in [0.25, 0.3) is 10.0 Å². The number of hydrogen-bond donors (Lipinski definition) is 0. The predicted octanol–water partition coefficient (Wildman–Crippen LogP) is 0.535. The standard InChI is InChI=1S/C9H12N2O3S/c1-3-11(2)15(13,14)9-6-4-5-8(7-12)10-9/h4-7H,3H2,1-2H3. The number of sulfonamides is 1. The summed E-state index contributed by atoms with van der Waals surface area (Å²) in [5, 5.41) is -0.101. The lowest BCUT2D eigenvalue weighted by atomic mass is 10.4. The average Bonchev–Trinajstić information content (AvgIpc) is 2.27. The van der Waals surface area contributed by atoms with Crippen LogP contribution in [0.1, 0.15) is 17.4 Å². The van der Waals surface area contributed by atoms with Crippen LogP contribution in [0.15, 0.2) is 23.2 Å². The number of nitrogens with zero attached hydrogens (tertiary/aromatic N) is 2. The Bertz CT molecular complexity index is 456. The molecular weight excluding hydrogens is 216 g/mol. The molecule has 0 saturated carbocycles. The van der Waals surface area contributed by atoms with E-state index in [9.17, 15) is 13.2 Å². The Balaban J connectivity index is 3.21. The van der Waals surface area contributed by atoms with Gasteiger partial charge in [0.05, 0.1) is 0 Å². The molecule has 0 fully saturated rings. The molecule has 0 bridgehead atoms. The maximum absolute atomic E-state index is 11.8. The summed E-state index contributed by atoms with van der Waals surface area (Å²) in [6, 6.07) is 4.32. The summed E-state index contributed by atoms with van der Waals surface area (Å²) in [4.78, 5) is 14.2. The fourth-order valence-corrected chi connectivity index (χ4v) is 2.10. The number of aromatic nitrogens is 1. The molecular formula is C9H12N2O3S. The molecule has 6 heteroatoms. The molecule has 82 valence electrons. The Kier molecular flexibility index (Phi) is 3.54. The molecule has 0 amide bonds. The van der Waals surface area contributed by atoms with Gasteiger partial charge in [0, 0.05) is 13.6 Å². The van der Waals surface area contributed by atoms with Crippen molar-refractivity contribution in [3.8, 4) is 0 Å². The molecule has 0 aliphatic carbocycles. The summed E-state index contributed by atoms with van der Waals surface area (Å²) in [7, 11) is -2.10. The van der Waals surface area contributed by atoms with Crippen LogP contribution in [0.5, 0.6) is 0 Å². The highest BCUT2D eigenvalue weighted by Gasteiger charge is 2.20. The summed E-state index contributed by atoms with van der Waals surface area (Å²) in [6.07, 6.45) is 0.519. The predicted molar refractivity (Wildman–Crippen MR) is 55.1 cm³/mol. The fraction of sp³-hybridized carbons (Fsp3) is 0.333. The van der Waals surface area contributed by atoms with E-state index in [1.165, 1.54) is 29.6 Å². The molecule has 0 saturated heterocycles. The molecule has 0 aromatic carbocycles. The van der Waals surface area contributed by atoms with Gasteiger partial charge in [-0.05, 0) is 12.1 Å². The average molecular weight is 228 g/mol. The van der Waals surface area contributed by atoms with E-state index in [1.54, 1.807) is 6.92 Å². The van der Waals surface area contributed by atoms with E-state index in [0.717, 1.165) is 0 Å². The topological polar surface area (TPSA) is 67.3 Å². The molecule has 0 aliphatic rings. The van der Waals surface area contributed by atoms with Crippen molar-refractivity contribution >= 4 is 16.3 Å². The SMILES string of the molecule is CCN(C)S(=O)(=O)c1cccc(C=O)n1. The largest absolute Gasteiger partial charge is 0.296 e. The highest BCUT2D eigenvalue weighted by molar-refractivity contribution is 7.89. The molecule has 0 atom stereocenters. The minimum atomic E-state index is -3.56. The smallest absolute Gasteiger partial charge is 0.260 e. The van der Waals surface area contributed by atoms with Crippen LogP contribution in [-0.2, 0) is 10.0 Å². The zero-order valence-electron chi connectivity index (χ0n) is 8.54. The van der Waals surface area contributed by atoms with E-state index in [1.807, 2.05) is 0 Å². The van der Waals surface area contributed by atoms with Crippen LogP contribution in [-0.4, -0.2) is 37.6 Å². The van der Waals surface area contributed by atoms with Gasteiger partial charge >= 0.3 is 0 Å². The van der Waals surface area contributed by atoms with Crippen LogP contribution in [0, 0.1) is 0 Å². The molecule has 1 heterocycles. The second-order valence-corrected chi connectivity index (χ2v) is 4.93. The molecule has 1 aromatic rings. The van der Waals surface area contributed by atoms with Gasteiger partial charge in [0.1, 0.15) is 5.69 Å². The summed E-state index contributed by atoms with van der Waals surface area (Å²) in [6.45, 7) is 2.08. The summed E-state index contributed by atoms with van der Waals surface area (Å²) >= 11 is 0. The van der Waals surface area contributed by atoms with Crippen LogP contribution in [0.4, 0.5) is 0 Å². The van der Waals surface area contributed by atoms with Crippen LogP contribution in [0.25, 0.3) is 0 Å². The first-order valence-electron chi connectivity index (χ1n) is 4.41. The van der Waals surface area contributed by atoms with Crippen molar-refractivity contribution in [1.82, 2.24) is 9.29 Å². The molecule has 0 spiro atoms. The lowest BCUT2D eigenvalue weighted by molar-refractivity contribution is 0.111. The molecule has 0 aliphatic heterocycles. The Morgan fingerprint density at radius 3 is 2.67 bits per heavy atom. The molecule has 1 aromatic heterocycles. The summed E-state index contributed by atoms with van der Waals surface area (Å²) in [5.41, 5.74) is 0.112. The van der Waals surface area contributed by atoms with Gasteiger partial charge in [0.2, 0.25) is 0 Å². The molecule has 0 N–H and O–H groups in total. The highest BCUT2D eigenvalue weighted by Crippen LogP contribution is 2.10. The zero-order valence-corrected chi connectivity index (χ0v) is 9.36. The van der Waals surface area contributed by atoms with Gasteiger partial charge in [0.15, 0.2) is 11.3 Å². The van der Waals surface area contributed by atoms with Crippen molar-refractivity contribution in [3.05, 3.63) is 23.9 Å². The summed E-state index contributed by atoms with van der Waals surface area (Å²) < 4.78 is 24.7. The molecule has 0 radical (unpaired) electrons. The zero-order chi connectivity index (χ0) is 11.5. The minimum absolute atomic E-state index is 0.101. The van der Waals surface area contributed by atoms with Gasteiger partial charge in [-0.25, -0.2) is 13.4 Å². The van der Waals surface area contributed by atoms with Crippen molar-refractivity contribution < 1.29 is 13.2 Å². The quantitative estimate of drug-likeness (QED) is 0.705. The van der Waals surface area contributed by atoms with Crippen molar-refractivity contribution in [3.63, 3.8) is 0 Å². The van der Waals surface area contributed by atoms with E-state index in [-0.39, 0.29) is 10.7 Å². The number of pyridine rings is 1. The second kappa shape index (κ2) is 4.50. The number of hydrogen-bond acceptors (Lipinski definition) is 4. The normalized spacial score (nSPS) is 11.7. The maximum Gasteiger partial charge on any atom is 0.260 e. The Hall–Kier alpha value is -1.27. The Labute approximate surface area is 88.8 Å². The van der Waals surface area contributed by atoms with E-state index in [4.69, 9.17) is 0 Å².